The van der Waals surface area contributed by atoms with E-state index in [1.807, 2.05) is 24.3 Å². The molecule has 4 nitrogen and oxygen atoms in total. The van der Waals surface area contributed by atoms with Gasteiger partial charge in [-0.1, -0.05) is 18.2 Å². The molecule has 3 atom stereocenters. The maximum absolute atomic E-state index is 9.45. The van der Waals surface area contributed by atoms with Crippen LogP contribution in [0.4, 0.5) is 0 Å². The second-order valence-corrected chi connectivity index (χ2v) is 3.93. The van der Waals surface area contributed by atoms with Crippen LogP contribution in [-0.2, 0) is 4.74 Å². The van der Waals surface area contributed by atoms with Crippen LogP contribution in [0.5, 0.6) is 5.75 Å². The molecule has 1 aromatic rings. The van der Waals surface area contributed by atoms with Crippen LogP contribution in [0, 0.1) is 5.92 Å². The third-order valence-electron chi connectivity index (χ3n) is 2.92. The Hall–Kier alpha value is -1.10. The molecule has 0 radical (unpaired) electrons. The van der Waals surface area contributed by atoms with Crippen molar-refractivity contribution in [2.45, 2.75) is 18.8 Å². The molecular formula is C12H16O4. The van der Waals surface area contributed by atoms with Crippen LogP contribution in [0.1, 0.15) is 18.1 Å². The predicted molar refractivity (Wildman–Crippen MR) is 58.0 cm³/mol. The second kappa shape index (κ2) is 4.82. The first-order chi connectivity index (χ1) is 7.76. The monoisotopic (exact) mass is 224 g/mol. The molecule has 0 aromatic heterocycles. The van der Waals surface area contributed by atoms with Crippen molar-refractivity contribution in [2.75, 3.05) is 13.7 Å². The summed E-state index contributed by atoms with van der Waals surface area (Å²) in [6.45, 7) is -0.000223. The Balaban J connectivity index is 2.28. The highest BCUT2D eigenvalue weighted by Gasteiger charge is 2.36. The number of ether oxygens (including phenoxy) is 2. The summed E-state index contributed by atoms with van der Waals surface area (Å²) in [6, 6.07) is 7.50. The largest absolute Gasteiger partial charge is 0.496 e. The average Bonchev–Trinajstić information content (AvgIpc) is 2.70. The van der Waals surface area contributed by atoms with Gasteiger partial charge in [0.2, 0.25) is 0 Å². The van der Waals surface area contributed by atoms with Crippen molar-refractivity contribution in [1.82, 2.24) is 0 Å². The second-order valence-electron chi connectivity index (χ2n) is 3.93. The van der Waals surface area contributed by atoms with Gasteiger partial charge in [-0.05, 0) is 6.07 Å². The van der Waals surface area contributed by atoms with Crippen LogP contribution in [-0.4, -0.2) is 30.2 Å². The SMILES string of the molecule is COc1ccccc1[C@H]1O[C@@H](O)C[C@@H]1CO. The highest BCUT2D eigenvalue weighted by molar-refractivity contribution is 5.35. The summed E-state index contributed by atoms with van der Waals surface area (Å²) in [4.78, 5) is 0. The van der Waals surface area contributed by atoms with Gasteiger partial charge in [0.25, 0.3) is 0 Å². The molecule has 0 spiro atoms. The minimum absolute atomic E-state index is 0.000223. The molecule has 1 aromatic carbocycles. The normalized spacial score (nSPS) is 29.3. The minimum atomic E-state index is -0.799. The molecule has 2 rings (SSSR count). The summed E-state index contributed by atoms with van der Waals surface area (Å²) in [5.41, 5.74) is 0.876. The van der Waals surface area contributed by atoms with Crippen molar-refractivity contribution in [2.24, 2.45) is 5.92 Å². The number of para-hydroxylation sites is 1. The molecule has 88 valence electrons. The summed E-state index contributed by atoms with van der Waals surface area (Å²) in [5, 5.41) is 18.7. The Kier molecular flexibility index (Phi) is 3.43. The van der Waals surface area contributed by atoms with Gasteiger partial charge in [-0.3, -0.25) is 0 Å². The van der Waals surface area contributed by atoms with Crippen LogP contribution >= 0.6 is 0 Å². The fraction of sp³-hybridized carbons (Fsp3) is 0.500. The third-order valence-corrected chi connectivity index (χ3v) is 2.92. The van der Waals surface area contributed by atoms with E-state index in [0.29, 0.717) is 6.42 Å². The maximum Gasteiger partial charge on any atom is 0.155 e. The highest BCUT2D eigenvalue weighted by atomic mass is 16.6. The quantitative estimate of drug-likeness (QED) is 0.806. The summed E-state index contributed by atoms with van der Waals surface area (Å²) < 4.78 is 10.7. The molecular weight excluding hydrogens is 208 g/mol. The maximum atomic E-state index is 9.45. The average molecular weight is 224 g/mol. The first kappa shape index (κ1) is 11.4. The summed E-state index contributed by atoms with van der Waals surface area (Å²) in [5.74, 6) is 0.645. The predicted octanol–water partition coefficient (Wildman–Crippen LogP) is 1.08. The van der Waals surface area contributed by atoms with Crippen LogP contribution in [0.3, 0.4) is 0 Å². The fourth-order valence-electron chi connectivity index (χ4n) is 2.12. The van der Waals surface area contributed by atoms with E-state index in [1.165, 1.54) is 0 Å². The van der Waals surface area contributed by atoms with Gasteiger partial charge in [0.1, 0.15) is 5.75 Å². The third kappa shape index (κ3) is 2.04. The zero-order valence-corrected chi connectivity index (χ0v) is 9.17. The van der Waals surface area contributed by atoms with Gasteiger partial charge in [0.05, 0.1) is 13.2 Å². The zero-order chi connectivity index (χ0) is 11.5. The number of methoxy groups -OCH3 is 1. The van der Waals surface area contributed by atoms with Crippen LogP contribution < -0.4 is 4.74 Å². The molecule has 0 saturated carbocycles. The van der Waals surface area contributed by atoms with Crippen molar-refractivity contribution in [3.8, 4) is 5.75 Å². The molecule has 1 saturated heterocycles. The van der Waals surface area contributed by atoms with Gasteiger partial charge >= 0.3 is 0 Å². The van der Waals surface area contributed by atoms with E-state index in [2.05, 4.69) is 0 Å². The van der Waals surface area contributed by atoms with Gasteiger partial charge in [-0.15, -0.1) is 0 Å². The number of benzene rings is 1. The van der Waals surface area contributed by atoms with Crippen LogP contribution in [0.15, 0.2) is 24.3 Å². The molecule has 0 unspecified atom stereocenters. The molecule has 0 bridgehead atoms. The first-order valence-corrected chi connectivity index (χ1v) is 5.33. The molecule has 0 amide bonds. The Bertz CT molecular complexity index is 353. The Morgan fingerprint density at radius 2 is 2.19 bits per heavy atom. The van der Waals surface area contributed by atoms with E-state index < -0.39 is 6.29 Å². The molecule has 1 aliphatic rings. The molecule has 16 heavy (non-hydrogen) atoms. The smallest absolute Gasteiger partial charge is 0.155 e. The Morgan fingerprint density at radius 1 is 1.44 bits per heavy atom. The van der Waals surface area contributed by atoms with Crippen LogP contribution in [0.2, 0.25) is 0 Å². The van der Waals surface area contributed by atoms with E-state index in [0.717, 1.165) is 11.3 Å². The summed E-state index contributed by atoms with van der Waals surface area (Å²) >= 11 is 0. The minimum Gasteiger partial charge on any atom is -0.496 e. The molecule has 4 heteroatoms. The standard InChI is InChI=1S/C12H16O4/c1-15-10-5-3-2-4-9(10)12-8(7-13)6-11(14)16-12/h2-5,8,11-14H,6-7H2,1H3/t8-,11-,12+/m1/s1. The first-order valence-electron chi connectivity index (χ1n) is 5.33. The number of rotatable bonds is 3. The highest BCUT2D eigenvalue weighted by Crippen LogP contribution is 2.40. The van der Waals surface area contributed by atoms with E-state index in [1.54, 1.807) is 7.11 Å². The van der Waals surface area contributed by atoms with Gasteiger partial charge in [0, 0.05) is 24.5 Å². The summed E-state index contributed by atoms with van der Waals surface area (Å²) in [7, 11) is 1.60. The van der Waals surface area contributed by atoms with Crippen molar-refractivity contribution >= 4 is 0 Å². The fourth-order valence-corrected chi connectivity index (χ4v) is 2.12. The van der Waals surface area contributed by atoms with Crippen molar-refractivity contribution in [3.63, 3.8) is 0 Å². The Morgan fingerprint density at radius 3 is 2.88 bits per heavy atom. The lowest BCUT2D eigenvalue weighted by Gasteiger charge is -2.18. The zero-order valence-electron chi connectivity index (χ0n) is 9.17. The number of hydrogen-bond acceptors (Lipinski definition) is 4. The summed E-state index contributed by atoms with van der Waals surface area (Å²) in [6.07, 6.45) is -0.637. The van der Waals surface area contributed by atoms with Crippen molar-refractivity contribution in [3.05, 3.63) is 29.8 Å². The number of aliphatic hydroxyl groups excluding tert-OH is 2. The Labute approximate surface area is 94.4 Å². The lowest BCUT2D eigenvalue weighted by atomic mass is 9.95. The van der Waals surface area contributed by atoms with Gasteiger partial charge in [-0.2, -0.15) is 0 Å². The molecule has 2 N–H and O–H groups in total. The van der Waals surface area contributed by atoms with E-state index in [-0.39, 0.29) is 18.6 Å². The van der Waals surface area contributed by atoms with E-state index in [9.17, 15) is 10.2 Å². The number of hydrogen-bond donors (Lipinski definition) is 2. The van der Waals surface area contributed by atoms with Gasteiger partial charge < -0.3 is 19.7 Å². The van der Waals surface area contributed by atoms with Crippen LogP contribution in [0.25, 0.3) is 0 Å². The number of aliphatic hydroxyl groups is 2. The van der Waals surface area contributed by atoms with Gasteiger partial charge in [0.15, 0.2) is 6.29 Å². The lowest BCUT2D eigenvalue weighted by molar-refractivity contribution is -0.0946. The molecule has 1 heterocycles. The van der Waals surface area contributed by atoms with E-state index >= 15 is 0 Å². The van der Waals surface area contributed by atoms with Crippen molar-refractivity contribution < 1.29 is 19.7 Å². The topological polar surface area (TPSA) is 58.9 Å². The van der Waals surface area contributed by atoms with Gasteiger partial charge in [-0.25, -0.2) is 0 Å². The molecule has 1 aliphatic heterocycles. The van der Waals surface area contributed by atoms with E-state index in [4.69, 9.17) is 9.47 Å². The van der Waals surface area contributed by atoms with Crippen molar-refractivity contribution in [1.29, 1.82) is 0 Å². The lowest BCUT2D eigenvalue weighted by Crippen LogP contribution is -2.12. The molecule has 0 aliphatic carbocycles. The molecule has 1 fully saturated rings.